The molecule has 2 aromatic carbocycles. The normalized spacial score (nSPS) is 11.6. The van der Waals surface area contributed by atoms with Crippen LogP contribution in [0.2, 0.25) is 0 Å². The zero-order valence-corrected chi connectivity index (χ0v) is 13.7. The number of ether oxygens (including phenoxy) is 1. The molecule has 0 aliphatic heterocycles. The molecule has 0 spiro atoms. The predicted molar refractivity (Wildman–Crippen MR) is 89.1 cm³/mol. The number of esters is 1. The molecule has 1 heterocycles. The van der Waals surface area contributed by atoms with Crippen LogP contribution < -0.4 is 5.32 Å². The number of para-hydroxylation sites is 2. The summed E-state index contributed by atoms with van der Waals surface area (Å²) in [5.41, 5.74) is 0.601. The van der Waals surface area contributed by atoms with Crippen LogP contribution in [0.4, 0.5) is 10.1 Å². The van der Waals surface area contributed by atoms with Crippen molar-refractivity contribution >= 4 is 17.6 Å². The van der Waals surface area contributed by atoms with Crippen LogP contribution in [-0.4, -0.2) is 38.2 Å². The van der Waals surface area contributed by atoms with Crippen molar-refractivity contribution in [3.63, 3.8) is 0 Å². The maximum atomic E-state index is 13.6. The van der Waals surface area contributed by atoms with E-state index in [4.69, 9.17) is 4.74 Å². The monoisotopic (exact) mass is 355 g/mol. The van der Waals surface area contributed by atoms with Crippen LogP contribution in [0.25, 0.3) is 5.69 Å². The van der Waals surface area contributed by atoms with Crippen LogP contribution in [0.15, 0.2) is 54.9 Å². The van der Waals surface area contributed by atoms with E-state index in [1.54, 1.807) is 24.3 Å². The SMILES string of the molecule is C[C@@H](OC(=O)c1ccccc1-n1cnnn1)C(=O)Nc1ccccc1F. The Balaban J connectivity index is 1.72. The molecule has 0 aliphatic carbocycles. The summed E-state index contributed by atoms with van der Waals surface area (Å²) in [7, 11) is 0. The molecule has 3 aromatic rings. The minimum atomic E-state index is -1.14. The predicted octanol–water partition coefficient (Wildman–Crippen LogP) is 1.99. The van der Waals surface area contributed by atoms with Gasteiger partial charge < -0.3 is 10.1 Å². The van der Waals surface area contributed by atoms with Gasteiger partial charge in [0.1, 0.15) is 12.1 Å². The van der Waals surface area contributed by atoms with Gasteiger partial charge in [-0.3, -0.25) is 4.79 Å². The van der Waals surface area contributed by atoms with Gasteiger partial charge in [-0.25, -0.2) is 9.18 Å². The minimum absolute atomic E-state index is 0.00879. The molecule has 0 aliphatic rings. The maximum Gasteiger partial charge on any atom is 0.341 e. The average molecular weight is 355 g/mol. The summed E-state index contributed by atoms with van der Waals surface area (Å²) in [6.07, 6.45) is 0.199. The van der Waals surface area contributed by atoms with Crippen molar-refractivity contribution in [2.24, 2.45) is 0 Å². The molecule has 9 heteroatoms. The van der Waals surface area contributed by atoms with E-state index >= 15 is 0 Å². The van der Waals surface area contributed by atoms with E-state index in [0.717, 1.165) is 0 Å². The van der Waals surface area contributed by atoms with E-state index < -0.39 is 23.8 Å². The summed E-state index contributed by atoms with van der Waals surface area (Å²) in [4.78, 5) is 24.6. The van der Waals surface area contributed by atoms with Crippen molar-refractivity contribution in [3.8, 4) is 5.69 Å². The van der Waals surface area contributed by atoms with Crippen LogP contribution in [0.5, 0.6) is 0 Å². The van der Waals surface area contributed by atoms with E-state index in [2.05, 4.69) is 20.8 Å². The first kappa shape index (κ1) is 17.2. The molecule has 3 rings (SSSR count). The van der Waals surface area contributed by atoms with E-state index in [-0.39, 0.29) is 11.3 Å². The summed E-state index contributed by atoms with van der Waals surface area (Å²) in [5.74, 6) is -1.96. The highest BCUT2D eigenvalue weighted by Gasteiger charge is 2.22. The van der Waals surface area contributed by atoms with Crippen LogP contribution in [0.1, 0.15) is 17.3 Å². The summed E-state index contributed by atoms with van der Waals surface area (Å²) in [6.45, 7) is 1.40. The highest BCUT2D eigenvalue weighted by atomic mass is 19.1. The third-order valence-electron chi connectivity index (χ3n) is 3.50. The number of aromatic nitrogens is 4. The summed E-state index contributed by atoms with van der Waals surface area (Å²) in [6, 6.07) is 12.2. The van der Waals surface area contributed by atoms with Crippen LogP contribution >= 0.6 is 0 Å². The molecule has 0 fully saturated rings. The van der Waals surface area contributed by atoms with Gasteiger partial charge in [0.25, 0.3) is 5.91 Å². The van der Waals surface area contributed by atoms with Gasteiger partial charge in [-0.1, -0.05) is 24.3 Å². The molecule has 8 nitrogen and oxygen atoms in total. The second kappa shape index (κ2) is 7.51. The smallest absolute Gasteiger partial charge is 0.341 e. The number of anilines is 1. The first-order valence-corrected chi connectivity index (χ1v) is 7.65. The maximum absolute atomic E-state index is 13.6. The van der Waals surface area contributed by atoms with E-state index in [9.17, 15) is 14.0 Å². The Hall–Kier alpha value is -3.62. The Morgan fingerprint density at radius 1 is 1.15 bits per heavy atom. The molecular weight excluding hydrogens is 341 g/mol. The minimum Gasteiger partial charge on any atom is -0.449 e. The van der Waals surface area contributed by atoms with E-state index in [0.29, 0.717) is 5.69 Å². The van der Waals surface area contributed by atoms with Crippen LogP contribution in [0, 0.1) is 5.82 Å². The highest BCUT2D eigenvalue weighted by molar-refractivity contribution is 5.98. The van der Waals surface area contributed by atoms with Crippen molar-refractivity contribution in [2.75, 3.05) is 5.32 Å². The number of amides is 1. The molecule has 132 valence electrons. The van der Waals surface area contributed by atoms with Crippen molar-refractivity contribution in [3.05, 3.63) is 66.2 Å². The van der Waals surface area contributed by atoms with Gasteiger partial charge >= 0.3 is 5.97 Å². The average Bonchev–Trinajstić information content (AvgIpc) is 3.18. The largest absolute Gasteiger partial charge is 0.449 e. The number of hydrogen-bond acceptors (Lipinski definition) is 6. The number of carbonyl (C=O) groups excluding carboxylic acids is 2. The standard InChI is InChI=1S/C17H14FN5O3/c1-11(16(24)20-14-8-4-3-7-13(14)18)26-17(25)12-6-2-5-9-15(12)23-10-19-21-22-23/h2-11H,1H3,(H,20,24)/t11-/m1/s1. The number of benzene rings is 2. The number of rotatable bonds is 5. The topological polar surface area (TPSA) is 99.0 Å². The number of halogens is 1. The number of carbonyl (C=O) groups is 2. The molecule has 1 N–H and O–H groups in total. The quantitative estimate of drug-likeness (QED) is 0.703. The van der Waals surface area contributed by atoms with Gasteiger partial charge in [-0.05, 0) is 41.6 Å². The fourth-order valence-electron chi connectivity index (χ4n) is 2.19. The third-order valence-corrected chi connectivity index (χ3v) is 3.50. The Bertz CT molecular complexity index is 930. The Morgan fingerprint density at radius 2 is 1.88 bits per heavy atom. The van der Waals surface area contributed by atoms with Crippen molar-refractivity contribution < 1.29 is 18.7 Å². The van der Waals surface area contributed by atoms with E-state index in [1.165, 1.54) is 42.2 Å². The highest BCUT2D eigenvalue weighted by Crippen LogP contribution is 2.16. The summed E-state index contributed by atoms with van der Waals surface area (Å²) in [5, 5.41) is 13.2. The third kappa shape index (κ3) is 3.72. The van der Waals surface area contributed by atoms with Gasteiger partial charge in [-0.2, -0.15) is 4.68 Å². The zero-order valence-electron chi connectivity index (χ0n) is 13.7. The van der Waals surface area contributed by atoms with Gasteiger partial charge in [0.2, 0.25) is 0 Å². The molecular formula is C17H14FN5O3. The molecule has 0 bridgehead atoms. The lowest BCUT2D eigenvalue weighted by molar-refractivity contribution is -0.123. The molecule has 0 unspecified atom stereocenters. The van der Waals surface area contributed by atoms with Crippen molar-refractivity contribution in [1.82, 2.24) is 20.2 Å². The van der Waals surface area contributed by atoms with E-state index in [1.807, 2.05) is 0 Å². The summed E-state index contributed by atoms with van der Waals surface area (Å²) < 4.78 is 20.1. The molecule has 1 aromatic heterocycles. The second-order valence-corrected chi connectivity index (χ2v) is 5.29. The van der Waals surface area contributed by atoms with Gasteiger partial charge in [0, 0.05) is 0 Å². The molecule has 0 saturated heterocycles. The number of tetrazole rings is 1. The van der Waals surface area contributed by atoms with Crippen LogP contribution in [-0.2, 0) is 9.53 Å². The zero-order chi connectivity index (χ0) is 18.5. The lowest BCUT2D eigenvalue weighted by atomic mass is 10.2. The van der Waals surface area contributed by atoms with Crippen molar-refractivity contribution in [2.45, 2.75) is 13.0 Å². The van der Waals surface area contributed by atoms with Gasteiger partial charge in [0.15, 0.2) is 6.10 Å². The Morgan fingerprint density at radius 3 is 2.62 bits per heavy atom. The van der Waals surface area contributed by atoms with Gasteiger partial charge in [0.05, 0.1) is 16.9 Å². The molecule has 0 radical (unpaired) electrons. The molecule has 1 atom stereocenters. The first-order valence-electron chi connectivity index (χ1n) is 7.65. The summed E-state index contributed by atoms with van der Waals surface area (Å²) >= 11 is 0. The first-order chi connectivity index (χ1) is 12.6. The van der Waals surface area contributed by atoms with Crippen LogP contribution in [0.3, 0.4) is 0 Å². The van der Waals surface area contributed by atoms with Crippen molar-refractivity contribution in [1.29, 1.82) is 0 Å². The molecule has 26 heavy (non-hydrogen) atoms. The van der Waals surface area contributed by atoms with Gasteiger partial charge in [-0.15, -0.1) is 5.10 Å². The second-order valence-electron chi connectivity index (χ2n) is 5.29. The fraction of sp³-hybridized carbons (Fsp3) is 0.118. The lowest BCUT2D eigenvalue weighted by Gasteiger charge is -2.15. The Labute approximate surface area is 147 Å². The molecule has 0 saturated carbocycles. The molecule has 1 amide bonds. The fourth-order valence-corrected chi connectivity index (χ4v) is 2.19. The number of nitrogens with one attached hydrogen (secondary N) is 1. The number of nitrogens with zero attached hydrogens (tertiary/aromatic N) is 4. The Kier molecular flexibility index (Phi) is 4.97. The lowest BCUT2D eigenvalue weighted by Crippen LogP contribution is -2.30. The number of hydrogen-bond donors (Lipinski definition) is 1.